The predicted molar refractivity (Wildman–Crippen MR) is 110 cm³/mol. The maximum absolute atomic E-state index is 13.5. The molecule has 3 aromatic rings. The summed E-state index contributed by atoms with van der Waals surface area (Å²) in [5.74, 6) is -1.21. The predicted octanol–water partition coefficient (Wildman–Crippen LogP) is -1.46. The number of halogens is 1. The zero-order chi connectivity index (χ0) is 23.3. The number of carbonyl (C=O) groups is 1. The van der Waals surface area contributed by atoms with E-state index in [1.165, 1.54) is 18.2 Å². The lowest BCUT2D eigenvalue weighted by molar-refractivity contribution is -0.0847. The molecule has 0 spiro atoms. The minimum Gasteiger partial charge on any atom is -0.394 e. The standard InChI is InChI=1S/C17H17ClN6O7S/c18-9-4-2-1-3-8(9)16(28)23-32(29,30)17(13(27)12(26)10(5-25)31-17)24-7-22-11-14(19)20-6-21-15(11)24/h1-4,6-7,10,12-13,25-27H,5H2,(H,23,28)(H2,19,20,21)/t10-,12-,13-,17+/m1/s1. The summed E-state index contributed by atoms with van der Waals surface area (Å²) >= 11 is 5.98. The minimum atomic E-state index is -5.02. The molecule has 13 nitrogen and oxygen atoms in total. The summed E-state index contributed by atoms with van der Waals surface area (Å²) in [5.41, 5.74) is 5.41. The summed E-state index contributed by atoms with van der Waals surface area (Å²) in [6.45, 7) is -0.836. The van der Waals surface area contributed by atoms with E-state index in [1.807, 2.05) is 4.72 Å². The first-order valence-electron chi connectivity index (χ1n) is 9.04. The summed E-state index contributed by atoms with van der Waals surface area (Å²) in [4.78, 5) is 24.4. The maximum atomic E-state index is 13.5. The lowest BCUT2D eigenvalue weighted by Gasteiger charge is -2.32. The number of anilines is 1. The average Bonchev–Trinajstić information content (AvgIpc) is 3.29. The van der Waals surface area contributed by atoms with Crippen molar-refractivity contribution >= 4 is 44.5 Å². The second-order valence-corrected chi connectivity index (χ2v) is 9.07. The fourth-order valence-corrected chi connectivity index (χ4v) is 5.27. The van der Waals surface area contributed by atoms with Gasteiger partial charge in [-0.2, -0.15) is 0 Å². The Kier molecular flexibility index (Phi) is 5.52. The van der Waals surface area contributed by atoms with E-state index in [4.69, 9.17) is 22.1 Å². The average molecular weight is 485 g/mol. The highest BCUT2D eigenvalue weighted by atomic mass is 35.5. The van der Waals surface area contributed by atoms with Crippen LogP contribution in [0.15, 0.2) is 36.9 Å². The molecular weight excluding hydrogens is 468 g/mol. The maximum Gasteiger partial charge on any atom is 0.300 e. The molecule has 1 amide bonds. The van der Waals surface area contributed by atoms with E-state index in [2.05, 4.69) is 15.0 Å². The molecule has 4 atom stereocenters. The quantitative estimate of drug-likeness (QED) is 0.283. The van der Waals surface area contributed by atoms with Crippen LogP contribution in [0.25, 0.3) is 11.2 Å². The molecule has 1 aromatic carbocycles. The number of hydrogen-bond donors (Lipinski definition) is 5. The van der Waals surface area contributed by atoms with Crippen LogP contribution in [-0.2, 0) is 19.8 Å². The van der Waals surface area contributed by atoms with Crippen LogP contribution in [0.2, 0.25) is 5.02 Å². The lowest BCUT2D eigenvalue weighted by Crippen LogP contribution is -2.56. The van der Waals surface area contributed by atoms with Gasteiger partial charge < -0.3 is 25.8 Å². The Bertz CT molecular complexity index is 1300. The molecule has 15 heteroatoms. The lowest BCUT2D eigenvalue weighted by atomic mass is 10.1. The van der Waals surface area contributed by atoms with E-state index in [0.29, 0.717) is 0 Å². The highest BCUT2D eigenvalue weighted by Gasteiger charge is 2.65. The number of aliphatic hydroxyl groups excluding tert-OH is 3. The molecule has 0 radical (unpaired) electrons. The number of nitrogen functional groups attached to an aromatic ring is 1. The van der Waals surface area contributed by atoms with Crippen molar-refractivity contribution in [3.63, 3.8) is 0 Å². The van der Waals surface area contributed by atoms with Crippen molar-refractivity contribution in [3.8, 4) is 0 Å². The zero-order valence-corrected chi connectivity index (χ0v) is 17.6. The molecule has 0 bridgehead atoms. The molecule has 0 saturated carbocycles. The molecule has 3 heterocycles. The van der Waals surface area contributed by atoms with E-state index in [0.717, 1.165) is 17.2 Å². The molecule has 2 aromatic heterocycles. The minimum absolute atomic E-state index is 0.0164. The second-order valence-electron chi connectivity index (χ2n) is 6.87. The third-order valence-corrected chi connectivity index (χ3v) is 7.09. The van der Waals surface area contributed by atoms with Crippen molar-refractivity contribution in [3.05, 3.63) is 47.5 Å². The summed E-state index contributed by atoms with van der Waals surface area (Å²) in [7, 11) is -5.02. The molecule has 4 rings (SSSR count). The largest absolute Gasteiger partial charge is 0.394 e. The Hall–Kier alpha value is -2.88. The number of hydrogen-bond acceptors (Lipinski definition) is 11. The van der Waals surface area contributed by atoms with Crippen LogP contribution in [0.3, 0.4) is 0 Å². The summed E-state index contributed by atoms with van der Waals surface area (Å²) in [6, 6.07) is 5.69. The number of fused-ring (bicyclic) bond motifs is 1. The number of benzene rings is 1. The molecule has 170 valence electrons. The first-order valence-corrected chi connectivity index (χ1v) is 10.9. The number of aromatic nitrogens is 4. The fraction of sp³-hybridized carbons (Fsp3) is 0.294. The van der Waals surface area contributed by atoms with Crippen molar-refractivity contribution < 1.29 is 33.3 Å². The molecule has 1 aliphatic rings. The summed E-state index contributed by atoms with van der Waals surface area (Å²) in [5, 5.41) is 27.8. The van der Waals surface area contributed by atoms with Crippen LogP contribution in [0.1, 0.15) is 10.4 Å². The number of imidazole rings is 1. The molecular formula is C17H17ClN6O7S. The van der Waals surface area contributed by atoms with E-state index in [1.54, 1.807) is 6.07 Å². The van der Waals surface area contributed by atoms with Crippen molar-refractivity contribution in [1.82, 2.24) is 24.2 Å². The van der Waals surface area contributed by atoms with Gasteiger partial charge in [0.15, 0.2) is 11.5 Å². The number of nitrogens with two attached hydrogens (primary N) is 1. The SMILES string of the molecule is Nc1ncnc2c1ncn2[C@]1(S(=O)(=O)NC(=O)c2ccccc2Cl)O[C@H](CO)[C@@H](O)[C@H]1O. The third kappa shape index (κ3) is 3.19. The van der Waals surface area contributed by atoms with Gasteiger partial charge in [0.1, 0.15) is 36.5 Å². The van der Waals surface area contributed by atoms with Crippen LogP contribution in [0, 0.1) is 0 Å². The van der Waals surface area contributed by atoms with Crippen molar-refractivity contribution in [2.24, 2.45) is 0 Å². The molecule has 1 saturated heterocycles. The van der Waals surface area contributed by atoms with Crippen molar-refractivity contribution in [1.29, 1.82) is 0 Å². The second kappa shape index (κ2) is 7.91. The van der Waals surface area contributed by atoms with Crippen LogP contribution in [-0.4, -0.2) is 74.1 Å². The summed E-state index contributed by atoms with van der Waals surface area (Å²) < 4.78 is 35.1. The number of aliphatic hydroxyl groups is 3. The molecule has 0 unspecified atom stereocenters. The number of sulfonamides is 1. The first-order chi connectivity index (χ1) is 15.1. The van der Waals surface area contributed by atoms with Gasteiger partial charge in [-0.1, -0.05) is 23.7 Å². The van der Waals surface area contributed by atoms with Gasteiger partial charge in [0, 0.05) is 0 Å². The van der Waals surface area contributed by atoms with Gasteiger partial charge in [-0.25, -0.2) is 28.1 Å². The smallest absolute Gasteiger partial charge is 0.300 e. The number of rotatable bonds is 5. The highest BCUT2D eigenvalue weighted by molar-refractivity contribution is 7.90. The van der Waals surface area contributed by atoms with Crippen LogP contribution >= 0.6 is 11.6 Å². The van der Waals surface area contributed by atoms with Crippen LogP contribution < -0.4 is 10.5 Å². The molecule has 32 heavy (non-hydrogen) atoms. The van der Waals surface area contributed by atoms with Crippen LogP contribution in [0.5, 0.6) is 0 Å². The Morgan fingerprint density at radius 3 is 2.66 bits per heavy atom. The molecule has 1 aliphatic heterocycles. The van der Waals surface area contributed by atoms with E-state index in [-0.39, 0.29) is 27.6 Å². The Balaban J connectivity index is 1.89. The van der Waals surface area contributed by atoms with Gasteiger partial charge in [-0.15, -0.1) is 0 Å². The number of nitrogens with one attached hydrogen (secondary N) is 1. The monoisotopic (exact) mass is 484 g/mol. The van der Waals surface area contributed by atoms with Gasteiger partial charge in [-0.3, -0.25) is 9.36 Å². The van der Waals surface area contributed by atoms with E-state index in [9.17, 15) is 28.5 Å². The highest BCUT2D eigenvalue weighted by Crippen LogP contribution is 2.41. The zero-order valence-electron chi connectivity index (χ0n) is 16.0. The molecule has 0 aliphatic carbocycles. The number of ether oxygens (including phenoxy) is 1. The fourth-order valence-electron chi connectivity index (χ4n) is 3.45. The Morgan fingerprint density at radius 2 is 2.00 bits per heavy atom. The number of nitrogens with zero attached hydrogens (tertiary/aromatic N) is 4. The van der Waals surface area contributed by atoms with Gasteiger partial charge in [0.25, 0.3) is 15.9 Å². The van der Waals surface area contributed by atoms with Gasteiger partial charge in [0.05, 0.1) is 17.2 Å². The molecule has 6 N–H and O–H groups in total. The first kappa shape index (κ1) is 22.3. The Labute approximate surface area is 185 Å². The topological polar surface area (TPSA) is 203 Å². The van der Waals surface area contributed by atoms with Crippen molar-refractivity contribution in [2.75, 3.05) is 12.3 Å². The number of carbonyl (C=O) groups excluding carboxylic acids is 1. The number of amides is 1. The van der Waals surface area contributed by atoms with E-state index < -0.39 is 45.9 Å². The summed E-state index contributed by atoms with van der Waals surface area (Å²) in [6.07, 6.45) is -3.56. The molecule has 1 fully saturated rings. The van der Waals surface area contributed by atoms with Gasteiger partial charge in [-0.05, 0) is 12.1 Å². The Morgan fingerprint density at radius 1 is 1.28 bits per heavy atom. The van der Waals surface area contributed by atoms with E-state index >= 15 is 0 Å². The van der Waals surface area contributed by atoms with Crippen LogP contribution in [0.4, 0.5) is 5.82 Å². The third-order valence-electron chi connectivity index (χ3n) is 5.01. The normalized spacial score (nSPS) is 25.8. The van der Waals surface area contributed by atoms with Gasteiger partial charge >= 0.3 is 5.06 Å². The van der Waals surface area contributed by atoms with Crippen molar-refractivity contribution in [2.45, 2.75) is 23.4 Å². The van der Waals surface area contributed by atoms with Gasteiger partial charge in [0.2, 0.25) is 0 Å².